The van der Waals surface area contributed by atoms with Crippen molar-refractivity contribution in [1.82, 2.24) is 0 Å². The third kappa shape index (κ3) is 5.66. The normalized spacial score (nSPS) is 30.3. The molecule has 0 radical (unpaired) electrons. The molecule has 0 N–H and O–H groups in total. The van der Waals surface area contributed by atoms with Crippen molar-refractivity contribution in [3.8, 4) is 5.75 Å². The molecule has 2 fully saturated rings. The van der Waals surface area contributed by atoms with Crippen LogP contribution in [0.2, 0.25) is 0 Å². The van der Waals surface area contributed by atoms with Crippen LogP contribution in [0.25, 0.3) is 0 Å². The first-order valence-electron chi connectivity index (χ1n) is 11.0. The number of halogens is 3. The van der Waals surface area contributed by atoms with Gasteiger partial charge in [0.25, 0.3) is 0 Å². The second kappa shape index (κ2) is 10.2. The summed E-state index contributed by atoms with van der Waals surface area (Å²) < 4.78 is 59.2. The molecule has 0 amide bonds. The zero-order valence-corrected chi connectivity index (χ0v) is 17.5. The van der Waals surface area contributed by atoms with E-state index < -0.39 is 17.3 Å². The summed E-state index contributed by atoms with van der Waals surface area (Å²) in [6, 6.07) is 3.13. The van der Waals surface area contributed by atoms with Gasteiger partial charge in [-0.25, -0.2) is 8.78 Å². The molecule has 3 rings (SSSR count). The molecule has 1 aliphatic carbocycles. The van der Waals surface area contributed by atoms with Crippen LogP contribution in [0.1, 0.15) is 64.4 Å². The van der Waals surface area contributed by atoms with Crippen LogP contribution in [-0.4, -0.2) is 31.8 Å². The Morgan fingerprint density at radius 3 is 2.34 bits per heavy atom. The number of hydrogen-bond donors (Lipinski definition) is 0. The van der Waals surface area contributed by atoms with E-state index in [1.807, 2.05) is 6.92 Å². The van der Waals surface area contributed by atoms with Gasteiger partial charge in [-0.05, 0) is 69.4 Å². The maximum absolute atomic E-state index is 14.5. The molecule has 0 bridgehead atoms. The average Bonchev–Trinajstić information content (AvgIpc) is 2.72. The van der Waals surface area contributed by atoms with Crippen LogP contribution in [0.5, 0.6) is 5.75 Å². The standard InChI is InChI=1S/C23H33F3O3/c1-3-13-23(26)14-28-22(29-15-23)18-9-6-16(7-10-18)5-8-17-11-12-19(27-4-2)21(25)20(17)24/h11-12,16,18,22H,3-10,13-15H2,1-2H3. The second-order valence-corrected chi connectivity index (χ2v) is 8.49. The molecule has 1 aromatic rings. The van der Waals surface area contributed by atoms with E-state index in [1.54, 1.807) is 13.0 Å². The number of aryl methyl sites for hydroxylation is 1. The van der Waals surface area contributed by atoms with Crippen LogP contribution in [0, 0.1) is 23.5 Å². The highest BCUT2D eigenvalue weighted by Crippen LogP contribution is 2.37. The molecule has 0 unspecified atom stereocenters. The van der Waals surface area contributed by atoms with E-state index in [4.69, 9.17) is 14.2 Å². The highest BCUT2D eigenvalue weighted by atomic mass is 19.2. The maximum Gasteiger partial charge on any atom is 0.200 e. The largest absolute Gasteiger partial charge is 0.491 e. The van der Waals surface area contributed by atoms with Crippen LogP contribution >= 0.6 is 0 Å². The summed E-state index contributed by atoms with van der Waals surface area (Å²) in [6.45, 7) is 4.24. The van der Waals surface area contributed by atoms with Gasteiger partial charge in [-0.15, -0.1) is 0 Å². The van der Waals surface area contributed by atoms with Gasteiger partial charge in [0.2, 0.25) is 5.82 Å². The van der Waals surface area contributed by atoms with Gasteiger partial charge in [-0.1, -0.05) is 19.4 Å². The van der Waals surface area contributed by atoms with E-state index in [9.17, 15) is 13.2 Å². The molecule has 1 aromatic carbocycles. The summed E-state index contributed by atoms with van der Waals surface area (Å²) >= 11 is 0. The predicted octanol–water partition coefficient (Wildman–Crippen LogP) is 5.98. The van der Waals surface area contributed by atoms with Gasteiger partial charge in [0.15, 0.2) is 23.5 Å². The van der Waals surface area contributed by atoms with Crippen molar-refractivity contribution in [3.05, 3.63) is 29.3 Å². The molecule has 6 heteroatoms. The SMILES string of the molecule is CCCC1(F)COC(C2CCC(CCc3ccc(OCC)c(F)c3F)CC2)OC1. The highest BCUT2D eigenvalue weighted by molar-refractivity contribution is 5.31. The third-order valence-corrected chi connectivity index (χ3v) is 6.24. The van der Waals surface area contributed by atoms with Gasteiger partial charge in [-0.3, -0.25) is 0 Å². The zero-order valence-electron chi connectivity index (χ0n) is 17.5. The quantitative estimate of drug-likeness (QED) is 0.523. The topological polar surface area (TPSA) is 27.7 Å². The van der Waals surface area contributed by atoms with Gasteiger partial charge in [0.05, 0.1) is 19.8 Å². The molecular formula is C23H33F3O3. The summed E-state index contributed by atoms with van der Waals surface area (Å²) in [4.78, 5) is 0. The van der Waals surface area contributed by atoms with Gasteiger partial charge < -0.3 is 14.2 Å². The number of ether oxygens (including phenoxy) is 3. The fourth-order valence-corrected chi connectivity index (χ4v) is 4.56. The first kappa shape index (κ1) is 22.4. The maximum atomic E-state index is 14.5. The highest BCUT2D eigenvalue weighted by Gasteiger charge is 2.39. The van der Waals surface area contributed by atoms with Crippen LogP contribution in [0.15, 0.2) is 12.1 Å². The molecule has 3 nitrogen and oxygen atoms in total. The molecule has 0 atom stereocenters. The van der Waals surface area contributed by atoms with Crippen LogP contribution in [-0.2, 0) is 15.9 Å². The lowest BCUT2D eigenvalue weighted by Crippen LogP contribution is -2.46. The minimum Gasteiger partial charge on any atom is -0.491 e. The summed E-state index contributed by atoms with van der Waals surface area (Å²) in [5.41, 5.74) is -0.943. The lowest BCUT2D eigenvalue weighted by atomic mass is 9.79. The molecule has 1 saturated heterocycles. The second-order valence-electron chi connectivity index (χ2n) is 8.49. The van der Waals surface area contributed by atoms with Gasteiger partial charge >= 0.3 is 0 Å². The van der Waals surface area contributed by atoms with Crippen molar-refractivity contribution in [2.24, 2.45) is 11.8 Å². The summed E-state index contributed by atoms with van der Waals surface area (Å²) in [5, 5.41) is 0. The van der Waals surface area contributed by atoms with Crippen LogP contribution in [0.4, 0.5) is 13.2 Å². The zero-order chi connectivity index (χ0) is 20.9. The van der Waals surface area contributed by atoms with E-state index in [0.717, 1.165) is 38.5 Å². The number of rotatable bonds is 8. The van der Waals surface area contributed by atoms with Crippen molar-refractivity contribution < 1.29 is 27.4 Å². The first-order chi connectivity index (χ1) is 14.0. The molecule has 0 spiro atoms. The lowest BCUT2D eigenvalue weighted by molar-refractivity contribution is -0.257. The van der Waals surface area contributed by atoms with Crippen LogP contribution < -0.4 is 4.74 Å². The Labute approximate surface area is 171 Å². The minimum atomic E-state index is -1.35. The van der Waals surface area contributed by atoms with E-state index in [-0.39, 0.29) is 31.2 Å². The predicted molar refractivity (Wildman–Crippen MR) is 106 cm³/mol. The molecule has 1 saturated carbocycles. The average molecular weight is 415 g/mol. The van der Waals surface area contributed by atoms with Crippen molar-refractivity contribution in [2.75, 3.05) is 19.8 Å². The fraction of sp³-hybridized carbons (Fsp3) is 0.739. The Bertz CT molecular complexity index is 651. The Balaban J connectivity index is 1.43. The van der Waals surface area contributed by atoms with E-state index in [1.165, 1.54) is 6.07 Å². The van der Waals surface area contributed by atoms with Gasteiger partial charge in [0.1, 0.15) is 0 Å². The molecule has 0 aromatic heterocycles. The molecule has 1 aliphatic heterocycles. The fourth-order valence-electron chi connectivity index (χ4n) is 4.56. The first-order valence-corrected chi connectivity index (χ1v) is 11.0. The Kier molecular flexibility index (Phi) is 7.85. The van der Waals surface area contributed by atoms with E-state index in [2.05, 4.69) is 0 Å². The minimum absolute atomic E-state index is 0.0297. The summed E-state index contributed by atoms with van der Waals surface area (Å²) in [6.07, 6.45) is 6.21. The molecule has 1 heterocycles. The van der Waals surface area contributed by atoms with E-state index >= 15 is 0 Å². The smallest absolute Gasteiger partial charge is 0.200 e. The van der Waals surface area contributed by atoms with Crippen molar-refractivity contribution in [1.29, 1.82) is 0 Å². The van der Waals surface area contributed by atoms with Crippen LogP contribution in [0.3, 0.4) is 0 Å². The number of hydrogen-bond acceptors (Lipinski definition) is 3. The van der Waals surface area contributed by atoms with Crippen molar-refractivity contribution >= 4 is 0 Å². The summed E-state index contributed by atoms with van der Waals surface area (Å²) in [5.74, 6) is -0.957. The monoisotopic (exact) mass is 414 g/mol. The Hall–Kier alpha value is -1.27. The number of benzene rings is 1. The molecule has 164 valence electrons. The Morgan fingerprint density at radius 2 is 1.72 bits per heavy atom. The van der Waals surface area contributed by atoms with Crippen molar-refractivity contribution in [3.63, 3.8) is 0 Å². The lowest BCUT2D eigenvalue weighted by Gasteiger charge is -2.39. The van der Waals surface area contributed by atoms with E-state index in [0.29, 0.717) is 30.9 Å². The van der Waals surface area contributed by atoms with Gasteiger partial charge in [0, 0.05) is 5.92 Å². The van der Waals surface area contributed by atoms with Gasteiger partial charge in [-0.2, -0.15) is 4.39 Å². The molecule has 2 aliphatic rings. The Morgan fingerprint density at radius 1 is 1.03 bits per heavy atom. The number of alkyl halides is 1. The molecular weight excluding hydrogens is 381 g/mol. The third-order valence-electron chi connectivity index (χ3n) is 6.24. The molecule has 29 heavy (non-hydrogen) atoms. The van der Waals surface area contributed by atoms with Crippen molar-refractivity contribution in [2.45, 2.75) is 77.2 Å². The summed E-state index contributed by atoms with van der Waals surface area (Å²) in [7, 11) is 0.